The fraction of sp³-hybridized carbons (Fsp3) is 0.259. The molecule has 0 aliphatic rings. The van der Waals surface area contributed by atoms with Gasteiger partial charge >= 0.3 is 0 Å². The SMILES string of the molecule is CC[C@H](C)NC(=O)c1ccccc1NC(=O)CN(c1cc(C)ccc1OC)S(=O)(=O)c1ccccc1. The number of ether oxygens (including phenoxy) is 1. The first-order valence-corrected chi connectivity index (χ1v) is 13.0. The first-order chi connectivity index (χ1) is 17.2. The molecule has 0 saturated carbocycles. The van der Waals surface area contributed by atoms with Crippen molar-refractivity contribution in [2.45, 2.75) is 38.1 Å². The predicted octanol–water partition coefficient (Wildman–Crippen LogP) is 4.37. The number of aryl methyl sites for hydroxylation is 1. The standard InChI is InChI=1S/C27H31N3O5S/c1-5-20(3)28-27(32)22-13-9-10-14-23(22)29-26(31)18-30(24-17-19(2)15-16-25(24)35-4)36(33,34)21-11-7-6-8-12-21/h6-17,20H,5,18H2,1-4H3,(H,28,32)(H,29,31)/t20-/m0/s1. The van der Waals surface area contributed by atoms with Crippen molar-refractivity contribution in [3.63, 3.8) is 0 Å². The highest BCUT2D eigenvalue weighted by atomic mass is 32.2. The molecule has 0 aliphatic carbocycles. The molecule has 0 unspecified atom stereocenters. The van der Waals surface area contributed by atoms with Crippen molar-refractivity contribution < 1.29 is 22.7 Å². The van der Waals surface area contributed by atoms with Gasteiger partial charge in [-0.05, 0) is 62.2 Å². The van der Waals surface area contributed by atoms with Crippen LogP contribution < -0.4 is 19.7 Å². The van der Waals surface area contributed by atoms with E-state index in [1.54, 1.807) is 60.7 Å². The molecule has 9 heteroatoms. The van der Waals surface area contributed by atoms with Crippen LogP contribution in [0.2, 0.25) is 0 Å². The van der Waals surface area contributed by atoms with E-state index in [4.69, 9.17) is 4.74 Å². The van der Waals surface area contributed by atoms with Crippen LogP contribution in [0.5, 0.6) is 5.75 Å². The van der Waals surface area contributed by atoms with Gasteiger partial charge in [0.2, 0.25) is 5.91 Å². The molecule has 3 aromatic rings. The van der Waals surface area contributed by atoms with Crippen molar-refractivity contribution in [1.29, 1.82) is 0 Å². The third-order valence-corrected chi connectivity index (χ3v) is 7.43. The Morgan fingerprint density at radius 2 is 1.67 bits per heavy atom. The normalized spacial score (nSPS) is 11.9. The molecule has 0 aromatic heterocycles. The van der Waals surface area contributed by atoms with Crippen molar-refractivity contribution >= 4 is 33.2 Å². The number of carbonyl (C=O) groups is 2. The van der Waals surface area contributed by atoms with Crippen LogP contribution in [-0.2, 0) is 14.8 Å². The summed E-state index contributed by atoms with van der Waals surface area (Å²) >= 11 is 0. The number of amides is 2. The largest absolute Gasteiger partial charge is 0.495 e. The van der Waals surface area contributed by atoms with Crippen molar-refractivity contribution in [3.8, 4) is 5.75 Å². The topological polar surface area (TPSA) is 105 Å². The van der Waals surface area contributed by atoms with Gasteiger partial charge in [0.1, 0.15) is 12.3 Å². The van der Waals surface area contributed by atoms with Crippen molar-refractivity contribution in [3.05, 3.63) is 83.9 Å². The van der Waals surface area contributed by atoms with E-state index in [0.717, 1.165) is 16.3 Å². The Labute approximate surface area is 212 Å². The Kier molecular flexibility index (Phi) is 8.71. The molecule has 2 amide bonds. The third-order valence-electron chi connectivity index (χ3n) is 5.66. The van der Waals surface area contributed by atoms with Crippen LogP contribution in [0, 0.1) is 6.92 Å². The van der Waals surface area contributed by atoms with Gasteiger partial charge in [0.05, 0.1) is 28.9 Å². The highest BCUT2D eigenvalue weighted by Gasteiger charge is 2.30. The predicted molar refractivity (Wildman–Crippen MR) is 141 cm³/mol. The van der Waals surface area contributed by atoms with E-state index in [1.165, 1.54) is 19.2 Å². The smallest absolute Gasteiger partial charge is 0.264 e. The molecule has 0 spiro atoms. The van der Waals surface area contributed by atoms with Gasteiger partial charge in [0.15, 0.2) is 0 Å². The van der Waals surface area contributed by atoms with E-state index in [0.29, 0.717) is 5.75 Å². The van der Waals surface area contributed by atoms with Crippen molar-refractivity contribution in [1.82, 2.24) is 5.32 Å². The van der Waals surface area contributed by atoms with Crippen molar-refractivity contribution in [2.75, 3.05) is 23.3 Å². The number of methoxy groups -OCH3 is 1. The molecule has 3 aromatic carbocycles. The molecule has 0 bridgehead atoms. The second-order valence-corrected chi connectivity index (χ2v) is 10.2. The van der Waals surface area contributed by atoms with Crippen LogP contribution in [0.3, 0.4) is 0 Å². The van der Waals surface area contributed by atoms with Gasteiger partial charge in [0, 0.05) is 6.04 Å². The molecular formula is C27H31N3O5S. The second-order valence-electron chi connectivity index (χ2n) is 8.38. The molecule has 8 nitrogen and oxygen atoms in total. The van der Waals surface area contributed by atoms with E-state index >= 15 is 0 Å². The van der Waals surface area contributed by atoms with Gasteiger partial charge in [-0.2, -0.15) is 0 Å². The number of hydrogen-bond acceptors (Lipinski definition) is 5. The zero-order valence-corrected chi connectivity index (χ0v) is 21.6. The summed E-state index contributed by atoms with van der Waals surface area (Å²) in [6, 6.07) is 19.5. The monoisotopic (exact) mass is 509 g/mol. The van der Waals surface area contributed by atoms with Crippen LogP contribution >= 0.6 is 0 Å². The van der Waals surface area contributed by atoms with Gasteiger partial charge in [0.25, 0.3) is 15.9 Å². The molecule has 0 saturated heterocycles. The second kappa shape index (κ2) is 11.7. The highest BCUT2D eigenvalue weighted by Crippen LogP contribution is 2.33. The molecule has 190 valence electrons. The summed E-state index contributed by atoms with van der Waals surface area (Å²) in [4.78, 5) is 26.0. The molecule has 0 heterocycles. The van der Waals surface area contributed by atoms with Crippen LogP contribution in [0.1, 0.15) is 36.2 Å². The van der Waals surface area contributed by atoms with Crippen molar-refractivity contribution in [2.24, 2.45) is 0 Å². The maximum atomic E-state index is 13.7. The molecular weight excluding hydrogens is 478 g/mol. The lowest BCUT2D eigenvalue weighted by Gasteiger charge is -2.26. The zero-order valence-electron chi connectivity index (χ0n) is 20.8. The number of carbonyl (C=O) groups excluding carboxylic acids is 2. The molecule has 3 rings (SSSR count). The molecule has 0 aliphatic heterocycles. The van der Waals surface area contributed by atoms with E-state index in [-0.39, 0.29) is 33.8 Å². The lowest BCUT2D eigenvalue weighted by molar-refractivity contribution is -0.114. The fourth-order valence-corrected chi connectivity index (χ4v) is 4.97. The zero-order chi connectivity index (χ0) is 26.3. The summed E-state index contributed by atoms with van der Waals surface area (Å²) in [5, 5.41) is 5.59. The number of rotatable bonds is 10. The Hall–Kier alpha value is -3.85. The van der Waals surface area contributed by atoms with E-state index < -0.39 is 22.5 Å². The lowest BCUT2D eigenvalue weighted by atomic mass is 10.1. The molecule has 0 fully saturated rings. The van der Waals surface area contributed by atoms with Crippen LogP contribution in [0.4, 0.5) is 11.4 Å². The van der Waals surface area contributed by atoms with Crippen LogP contribution in [-0.4, -0.2) is 39.9 Å². The number of benzene rings is 3. The number of anilines is 2. The van der Waals surface area contributed by atoms with Gasteiger partial charge in [-0.1, -0.05) is 43.3 Å². The highest BCUT2D eigenvalue weighted by molar-refractivity contribution is 7.92. The lowest BCUT2D eigenvalue weighted by Crippen LogP contribution is -2.39. The number of hydrogen-bond donors (Lipinski definition) is 2. The maximum Gasteiger partial charge on any atom is 0.264 e. The number of nitrogens with zero attached hydrogens (tertiary/aromatic N) is 1. The summed E-state index contributed by atoms with van der Waals surface area (Å²) in [5.41, 5.74) is 1.61. The number of sulfonamides is 1. The summed E-state index contributed by atoms with van der Waals surface area (Å²) in [6.07, 6.45) is 0.755. The summed E-state index contributed by atoms with van der Waals surface area (Å²) < 4.78 is 33.8. The van der Waals surface area contributed by atoms with Gasteiger partial charge in [-0.3, -0.25) is 13.9 Å². The Bertz CT molecular complexity index is 1330. The average molecular weight is 510 g/mol. The van der Waals surface area contributed by atoms with E-state index in [2.05, 4.69) is 10.6 Å². The number of para-hydroxylation sites is 1. The minimum absolute atomic E-state index is 0.0368. The van der Waals surface area contributed by atoms with E-state index in [9.17, 15) is 18.0 Å². The van der Waals surface area contributed by atoms with Crippen LogP contribution in [0.25, 0.3) is 0 Å². The maximum absolute atomic E-state index is 13.7. The van der Waals surface area contributed by atoms with Crippen LogP contribution in [0.15, 0.2) is 77.7 Å². The third kappa shape index (κ3) is 6.23. The molecule has 0 radical (unpaired) electrons. The Morgan fingerprint density at radius 1 is 1.00 bits per heavy atom. The Balaban J connectivity index is 1.97. The van der Waals surface area contributed by atoms with E-state index in [1.807, 2.05) is 20.8 Å². The fourth-order valence-electron chi connectivity index (χ4n) is 3.53. The van der Waals surface area contributed by atoms with Gasteiger partial charge < -0.3 is 15.4 Å². The van der Waals surface area contributed by atoms with Gasteiger partial charge in [-0.15, -0.1) is 0 Å². The molecule has 36 heavy (non-hydrogen) atoms. The van der Waals surface area contributed by atoms with Gasteiger partial charge in [-0.25, -0.2) is 8.42 Å². The first kappa shape index (κ1) is 26.7. The minimum atomic E-state index is -4.12. The number of nitrogens with one attached hydrogen (secondary N) is 2. The average Bonchev–Trinajstić information content (AvgIpc) is 2.87. The molecule has 1 atom stereocenters. The summed E-state index contributed by atoms with van der Waals surface area (Å²) in [6.45, 7) is 5.14. The Morgan fingerprint density at radius 3 is 2.33 bits per heavy atom. The summed E-state index contributed by atoms with van der Waals surface area (Å²) in [7, 11) is -2.69. The first-order valence-electron chi connectivity index (χ1n) is 11.6. The quantitative estimate of drug-likeness (QED) is 0.422. The minimum Gasteiger partial charge on any atom is -0.495 e. The summed E-state index contributed by atoms with van der Waals surface area (Å²) in [5.74, 6) is -0.627. The molecule has 2 N–H and O–H groups in total.